The van der Waals surface area contributed by atoms with Crippen LogP contribution in [0.1, 0.15) is 38.5 Å². The summed E-state index contributed by atoms with van der Waals surface area (Å²) in [6.45, 7) is 0. The Morgan fingerprint density at radius 3 is 2.06 bits per heavy atom. The Morgan fingerprint density at radius 1 is 0.875 bits per heavy atom. The third kappa shape index (κ3) is 1.26. The first-order chi connectivity index (χ1) is 7.68. The van der Waals surface area contributed by atoms with Gasteiger partial charge in [-0.1, -0.05) is 24.3 Å². The molecule has 3 rings (SSSR count). The summed E-state index contributed by atoms with van der Waals surface area (Å²) in [5.74, 6) is 0. The summed E-state index contributed by atoms with van der Waals surface area (Å²) in [4.78, 5) is 0. The molecule has 0 radical (unpaired) electrons. The molecule has 2 nitrogen and oxygen atoms in total. The van der Waals surface area contributed by atoms with E-state index in [2.05, 4.69) is 24.3 Å². The van der Waals surface area contributed by atoms with Crippen molar-refractivity contribution in [3.8, 4) is 0 Å². The van der Waals surface area contributed by atoms with Crippen LogP contribution in [-0.2, 0) is 0 Å². The molecule has 0 spiro atoms. The lowest BCUT2D eigenvalue weighted by Gasteiger charge is -2.43. The van der Waals surface area contributed by atoms with E-state index < -0.39 is 12.2 Å². The van der Waals surface area contributed by atoms with Crippen LogP contribution in [0.25, 0.3) is 0 Å². The molecule has 0 amide bonds. The number of hydrogen-bond donors (Lipinski definition) is 2. The summed E-state index contributed by atoms with van der Waals surface area (Å²) in [6.07, 6.45) is 14.0. The zero-order chi connectivity index (χ0) is 11.2. The van der Waals surface area contributed by atoms with Crippen molar-refractivity contribution >= 4 is 0 Å². The second kappa shape index (κ2) is 3.44. The van der Waals surface area contributed by atoms with Gasteiger partial charge in [-0.25, -0.2) is 0 Å². The van der Waals surface area contributed by atoms with Crippen LogP contribution in [0.5, 0.6) is 0 Å². The monoisotopic (exact) mass is 220 g/mol. The molecule has 0 unspecified atom stereocenters. The molecule has 2 N–H and O–H groups in total. The summed E-state index contributed by atoms with van der Waals surface area (Å²) in [7, 11) is 0. The van der Waals surface area contributed by atoms with E-state index in [0.717, 1.165) is 38.5 Å². The third-order valence-corrected chi connectivity index (χ3v) is 5.05. The quantitative estimate of drug-likeness (QED) is 0.614. The summed E-state index contributed by atoms with van der Waals surface area (Å²) in [5, 5.41) is 19.6. The van der Waals surface area contributed by atoms with Crippen LogP contribution in [-0.4, -0.2) is 22.4 Å². The van der Waals surface area contributed by atoms with Gasteiger partial charge in [-0.15, -0.1) is 0 Å². The maximum Gasteiger partial charge on any atom is 0.0799 e. The van der Waals surface area contributed by atoms with Crippen LogP contribution in [0.2, 0.25) is 0 Å². The van der Waals surface area contributed by atoms with Crippen LogP contribution in [0.3, 0.4) is 0 Å². The Bertz CT molecular complexity index is 327. The third-order valence-electron chi connectivity index (χ3n) is 5.05. The molecule has 1 saturated carbocycles. The summed E-state index contributed by atoms with van der Waals surface area (Å²) in [6, 6.07) is 0. The smallest absolute Gasteiger partial charge is 0.0799 e. The first-order valence-electron chi connectivity index (χ1n) is 6.39. The van der Waals surface area contributed by atoms with Crippen molar-refractivity contribution in [1.82, 2.24) is 0 Å². The maximum atomic E-state index is 9.83. The van der Waals surface area contributed by atoms with Crippen molar-refractivity contribution in [3.63, 3.8) is 0 Å². The largest absolute Gasteiger partial charge is 0.390 e. The minimum absolute atomic E-state index is 0.189. The Morgan fingerprint density at radius 2 is 1.44 bits per heavy atom. The van der Waals surface area contributed by atoms with Gasteiger partial charge >= 0.3 is 0 Å². The predicted molar refractivity (Wildman–Crippen MR) is 62.9 cm³/mol. The molecule has 2 heteroatoms. The highest BCUT2D eigenvalue weighted by Crippen LogP contribution is 2.61. The first kappa shape index (κ1) is 10.5. The van der Waals surface area contributed by atoms with Gasteiger partial charge in [-0.2, -0.15) is 0 Å². The number of aliphatic hydroxyl groups is 2. The molecule has 1 fully saturated rings. The van der Waals surface area contributed by atoms with E-state index in [4.69, 9.17) is 0 Å². The van der Waals surface area contributed by atoms with Crippen molar-refractivity contribution in [1.29, 1.82) is 0 Å². The van der Waals surface area contributed by atoms with Crippen molar-refractivity contribution in [3.05, 3.63) is 24.3 Å². The summed E-state index contributed by atoms with van der Waals surface area (Å²) < 4.78 is 0. The number of hydrogen-bond acceptors (Lipinski definition) is 2. The Labute approximate surface area is 96.7 Å². The normalized spacial score (nSPS) is 50.9. The van der Waals surface area contributed by atoms with Gasteiger partial charge in [0.1, 0.15) is 0 Å². The fourth-order valence-electron chi connectivity index (χ4n) is 3.93. The first-order valence-corrected chi connectivity index (χ1v) is 6.39. The minimum atomic E-state index is -0.532. The lowest BCUT2D eigenvalue weighted by atomic mass is 9.61. The summed E-state index contributed by atoms with van der Waals surface area (Å²) in [5.41, 5.74) is 0.516. The van der Waals surface area contributed by atoms with Gasteiger partial charge in [0.05, 0.1) is 12.2 Å². The SMILES string of the molecule is O[C@H]1CCC23C=CCC2(CC=C3)CC[C@@H]1O. The van der Waals surface area contributed by atoms with Gasteiger partial charge in [0.15, 0.2) is 0 Å². The van der Waals surface area contributed by atoms with E-state index in [1.54, 1.807) is 0 Å². The van der Waals surface area contributed by atoms with Crippen molar-refractivity contribution < 1.29 is 10.2 Å². The molecule has 0 aromatic carbocycles. The standard InChI is InChI=1S/C14H20O2/c15-11-3-9-13-5-1-6-14(13,8-2-7-13)10-4-12(11)16/h1-2,5,7,11-12,15-16H,3-4,6,8-10H2/t11-,12-,13?,14?/m0/s1. The fraction of sp³-hybridized carbons (Fsp3) is 0.714. The summed E-state index contributed by atoms with van der Waals surface area (Å²) >= 11 is 0. The second-order valence-electron chi connectivity index (χ2n) is 5.75. The van der Waals surface area contributed by atoms with E-state index in [1.807, 2.05) is 0 Å². The second-order valence-corrected chi connectivity index (χ2v) is 5.75. The topological polar surface area (TPSA) is 40.5 Å². The van der Waals surface area contributed by atoms with Gasteiger partial charge in [-0.05, 0) is 43.9 Å². The van der Waals surface area contributed by atoms with Gasteiger partial charge in [0.25, 0.3) is 0 Å². The zero-order valence-electron chi connectivity index (χ0n) is 9.60. The highest BCUT2D eigenvalue weighted by molar-refractivity contribution is 5.31. The molecule has 0 aromatic rings. The van der Waals surface area contributed by atoms with Gasteiger partial charge in [0, 0.05) is 5.41 Å². The molecule has 0 aliphatic heterocycles. The number of allylic oxidation sites excluding steroid dienone is 4. The van der Waals surface area contributed by atoms with Crippen LogP contribution >= 0.6 is 0 Å². The van der Waals surface area contributed by atoms with Crippen molar-refractivity contribution in [2.75, 3.05) is 0 Å². The molecular formula is C14H20O2. The molecule has 0 bridgehead atoms. The van der Waals surface area contributed by atoms with E-state index >= 15 is 0 Å². The molecule has 0 saturated heterocycles. The highest BCUT2D eigenvalue weighted by atomic mass is 16.3. The Hall–Kier alpha value is -0.600. The molecular weight excluding hydrogens is 200 g/mol. The van der Waals surface area contributed by atoms with E-state index in [0.29, 0.717) is 5.41 Å². The van der Waals surface area contributed by atoms with Crippen LogP contribution in [0.15, 0.2) is 24.3 Å². The molecule has 0 heterocycles. The van der Waals surface area contributed by atoms with E-state index in [1.165, 1.54) is 0 Å². The van der Waals surface area contributed by atoms with E-state index in [9.17, 15) is 10.2 Å². The predicted octanol–water partition coefficient (Wildman–Crippen LogP) is 2.17. The fourth-order valence-corrected chi connectivity index (χ4v) is 3.93. The maximum absolute atomic E-state index is 9.83. The molecule has 16 heavy (non-hydrogen) atoms. The Balaban J connectivity index is 1.92. The highest BCUT2D eigenvalue weighted by Gasteiger charge is 2.52. The van der Waals surface area contributed by atoms with Gasteiger partial charge < -0.3 is 10.2 Å². The van der Waals surface area contributed by atoms with Gasteiger partial charge in [-0.3, -0.25) is 0 Å². The van der Waals surface area contributed by atoms with Crippen LogP contribution in [0.4, 0.5) is 0 Å². The minimum Gasteiger partial charge on any atom is -0.390 e. The Kier molecular flexibility index (Phi) is 2.27. The van der Waals surface area contributed by atoms with Crippen LogP contribution < -0.4 is 0 Å². The lowest BCUT2D eigenvalue weighted by molar-refractivity contribution is -0.0272. The number of rotatable bonds is 0. The molecule has 2 atom stereocenters. The van der Waals surface area contributed by atoms with Crippen molar-refractivity contribution in [2.45, 2.75) is 50.7 Å². The molecule has 3 aliphatic carbocycles. The molecule has 0 aromatic heterocycles. The number of aliphatic hydroxyl groups excluding tert-OH is 2. The molecule has 88 valence electrons. The molecule has 3 aliphatic rings. The average molecular weight is 220 g/mol. The zero-order valence-corrected chi connectivity index (χ0v) is 9.60. The van der Waals surface area contributed by atoms with Crippen LogP contribution in [0, 0.1) is 10.8 Å². The van der Waals surface area contributed by atoms with Crippen molar-refractivity contribution in [2.24, 2.45) is 10.8 Å². The average Bonchev–Trinajstić information content (AvgIpc) is 2.75. The van der Waals surface area contributed by atoms with E-state index in [-0.39, 0.29) is 5.41 Å². The van der Waals surface area contributed by atoms with Gasteiger partial charge in [0.2, 0.25) is 0 Å². The lowest BCUT2D eigenvalue weighted by Crippen LogP contribution is -2.39.